The van der Waals surface area contributed by atoms with Gasteiger partial charge in [0.05, 0.1) is 11.8 Å². The van der Waals surface area contributed by atoms with Crippen molar-refractivity contribution in [1.29, 1.82) is 0 Å². The number of piperidine rings is 1. The molecule has 92 valence electrons. The lowest BCUT2D eigenvalue weighted by Gasteiger charge is -2.35. The highest BCUT2D eigenvalue weighted by atomic mass is 16.3. The van der Waals surface area contributed by atoms with Crippen molar-refractivity contribution >= 4 is 5.78 Å². The molecule has 3 nitrogen and oxygen atoms in total. The predicted molar refractivity (Wildman–Crippen MR) is 65.1 cm³/mol. The quantitative estimate of drug-likeness (QED) is 0.810. The second-order valence-electron chi connectivity index (χ2n) is 5.37. The summed E-state index contributed by atoms with van der Waals surface area (Å²) < 4.78 is 5.34. The van der Waals surface area contributed by atoms with E-state index in [1.807, 2.05) is 6.07 Å². The molecule has 1 aromatic rings. The smallest absolute Gasteiger partial charge is 0.171 e. The van der Waals surface area contributed by atoms with E-state index in [1.165, 1.54) is 12.8 Å². The summed E-state index contributed by atoms with van der Waals surface area (Å²) >= 11 is 0. The van der Waals surface area contributed by atoms with Gasteiger partial charge in [-0.25, -0.2) is 0 Å². The molecule has 0 radical (unpaired) electrons. The number of furan rings is 1. The molecule has 1 aliphatic carbocycles. The second kappa shape index (κ2) is 4.30. The van der Waals surface area contributed by atoms with E-state index in [4.69, 9.17) is 4.42 Å². The highest BCUT2D eigenvalue weighted by Gasteiger charge is 2.36. The Morgan fingerprint density at radius 3 is 3.06 bits per heavy atom. The Kier molecular flexibility index (Phi) is 2.79. The molecule has 0 amide bonds. The predicted octanol–water partition coefficient (Wildman–Crippen LogP) is 2.56. The zero-order valence-corrected chi connectivity index (χ0v) is 10.2. The Hall–Kier alpha value is -1.09. The third-order valence-corrected chi connectivity index (χ3v) is 4.17. The molecule has 3 rings (SSSR count). The molecule has 0 saturated carbocycles. The highest BCUT2D eigenvalue weighted by molar-refractivity contribution is 6.00. The van der Waals surface area contributed by atoms with E-state index in [0.717, 1.165) is 30.6 Å². The Morgan fingerprint density at radius 1 is 1.35 bits per heavy atom. The number of ketones is 1. The van der Waals surface area contributed by atoms with Crippen molar-refractivity contribution in [2.75, 3.05) is 0 Å². The van der Waals surface area contributed by atoms with Crippen molar-refractivity contribution in [2.45, 2.75) is 51.1 Å². The number of carbonyl (C=O) groups is 1. The number of Topliss-reactive ketones (excluding diaryl/α,β-unsaturated/α-hetero) is 1. The van der Waals surface area contributed by atoms with Gasteiger partial charge in [0.25, 0.3) is 0 Å². The minimum absolute atomic E-state index is 0.155. The molecule has 0 bridgehead atoms. The summed E-state index contributed by atoms with van der Waals surface area (Å²) in [5.41, 5.74) is 0.821. The Labute approximate surface area is 102 Å². The molecule has 17 heavy (non-hydrogen) atoms. The van der Waals surface area contributed by atoms with E-state index < -0.39 is 0 Å². The van der Waals surface area contributed by atoms with Crippen molar-refractivity contribution in [2.24, 2.45) is 5.92 Å². The van der Waals surface area contributed by atoms with Crippen LogP contribution in [0, 0.1) is 5.92 Å². The van der Waals surface area contributed by atoms with E-state index in [1.54, 1.807) is 6.26 Å². The zero-order valence-electron chi connectivity index (χ0n) is 10.2. The zero-order chi connectivity index (χ0) is 11.8. The van der Waals surface area contributed by atoms with Crippen LogP contribution in [0.1, 0.15) is 48.7 Å². The fourth-order valence-electron chi connectivity index (χ4n) is 3.25. The Balaban J connectivity index is 1.79. The fraction of sp³-hybridized carbons (Fsp3) is 0.643. The maximum absolute atomic E-state index is 12.4. The first-order valence-corrected chi connectivity index (χ1v) is 6.62. The third-order valence-electron chi connectivity index (χ3n) is 4.17. The molecule has 2 heterocycles. The number of rotatable bonds is 1. The molecular formula is C14H19NO2. The molecule has 1 fully saturated rings. The minimum Gasteiger partial charge on any atom is -0.469 e. The van der Waals surface area contributed by atoms with Gasteiger partial charge in [-0.15, -0.1) is 0 Å². The first-order valence-electron chi connectivity index (χ1n) is 6.62. The van der Waals surface area contributed by atoms with Crippen LogP contribution >= 0.6 is 0 Å². The molecule has 1 saturated heterocycles. The van der Waals surface area contributed by atoms with Crippen LogP contribution in [0.2, 0.25) is 0 Å². The molecule has 3 unspecified atom stereocenters. The number of hydrogen-bond acceptors (Lipinski definition) is 3. The molecule has 1 aliphatic heterocycles. The second-order valence-corrected chi connectivity index (χ2v) is 5.37. The summed E-state index contributed by atoms with van der Waals surface area (Å²) in [7, 11) is 0. The molecule has 0 spiro atoms. The molecule has 1 N–H and O–H groups in total. The van der Waals surface area contributed by atoms with Gasteiger partial charge in [-0.05, 0) is 32.3 Å². The first kappa shape index (κ1) is 11.0. The SMILES string of the molecule is CC1CCCC(C2CCc3occc3C2=O)N1. The number of carbonyl (C=O) groups excluding carboxylic acids is 1. The minimum atomic E-state index is 0.155. The van der Waals surface area contributed by atoms with Crippen molar-refractivity contribution in [1.82, 2.24) is 5.32 Å². The summed E-state index contributed by atoms with van der Waals surface area (Å²) in [5, 5.41) is 3.59. The van der Waals surface area contributed by atoms with E-state index >= 15 is 0 Å². The Morgan fingerprint density at radius 2 is 2.24 bits per heavy atom. The van der Waals surface area contributed by atoms with E-state index in [2.05, 4.69) is 12.2 Å². The van der Waals surface area contributed by atoms with Gasteiger partial charge >= 0.3 is 0 Å². The summed E-state index contributed by atoms with van der Waals surface area (Å²) in [6, 6.07) is 2.75. The van der Waals surface area contributed by atoms with Gasteiger partial charge in [0, 0.05) is 24.4 Å². The topological polar surface area (TPSA) is 42.2 Å². The number of aryl methyl sites for hydroxylation is 1. The van der Waals surface area contributed by atoms with Crippen molar-refractivity contribution in [3.8, 4) is 0 Å². The monoisotopic (exact) mass is 233 g/mol. The summed E-state index contributed by atoms with van der Waals surface area (Å²) in [6.45, 7) is 2.21. The normalized spacial score (nSPS) is 33.5. The van der Waals surface area contributed by atoms with E-state index in [-0.39, 0.29) is 11.7 Å². The summed E-state index contributed by atoms with van der Waals surface area (Å²) in [4.78, 5) is 12.4. The lowest BCUT2D eigenvalue weighted by molar-refractivity contribution is 0.0839. The summed E-state index contributed by atoms with van der Waals surface area (Å²) in [6.07, 6.45) is 7.08. The summed E-state index contributed by atoms with van der Waals surface area (Å²) in [5.74, 6) is 1.32. The van der Waals surface area contributed by atoms with Gasteiger partial charge in [0.1, 0.15) is 5.76 Å². The molecule has 1 aromatic heterocycles. The van der Waals surface area contributed by atoms with Gasteiger partial charge in [0.2, 0.25) is 0 Å². The van der Waals surface area contributed by atoms with Crippen molar-refractivity contribution in [3.63, 3.8) is 0 Å². The fourth-order valence-corrected chi connectivity index (χ4v) is 3.25. The van der Waals surface area contributed by atoms with E-state index in [9.17, 15) is 4.79 Å². The van der Waals surface area contributed by atoms with Crippen molar-refractivity contribution in [3.05, 3.63) is 23.7 Å². The number of hydrogen-bond donors (Lipinski definition) is 1. The van der Waals surface area contributed by atoms with E-state index in [0.29, 0.717) is 12.1 Å². The van der Waals surface area contributed by atoms with Crippen LogP contribution in [0.5, 0.6) is 0 Å². The maximum Gasteiger partial charge on any atom is 0.171 e. The van der Waals surface area contributed by atoms with Crippen LogP contribution < -0.4 is 5.32 Å². The average Bonchev–Trinajstić information content (AvgIpc) is 2.78. The molecule has 3 atom stereocenters. The largest absolute Gasteiger partial charge is 0.469 e. The number of nitrogens with one attached hydrogen (secondary N) is 1. The van der Waals surface area contributed by atoms with Crippen LogP contribution in [0.15, 0.2) is 16.7 Å². The van der Waals surface area contributed by atoms with Crippen LogP contribution in [-0.4, -0.2) is 17.9 Å². The van der Waals surface area contributed by atoms with Gasteiger partial charge in [-0.2, -0.15) is 0 Å². The van der Waals surface area contributed by atoms with Gasteiger partial charge in [-0.1, -0.05) is 6.42 Å². The maximum atomic E-state index is 12.4. The highest BCUT2D eigenvalue weighted by Crippen LogP contribution is 2.31. The van der Waals surface area contributed by atoms with Crippen molar-refractivity contribution < 1.29 is 9.21 Å². The molecule has 3 heteroatoms. The van der Waals surface area contributed by atoms with Crippen LogP contribution in [-0.2, 0) is 6.42 Å². The Bertz CT molecular complexity index is 424. The molecular weight excluding hydrogens is 214 g/mol. The molecule has 2 aliphatic rings. The van der Waals surface area contributed by atoms with Crippen LogP contribution in [0.3, 0.4) is 0 Å². The van der Waals surface area contributed by atoms with Crippen LogP contribution in [0.25, 0.3) is 0 Å². The molecule has 0 aromatic carbocycles. The standard InChI is InChI=1S/C14H19NO2/c1-9-3-2-4-12(15-9)10-5-6-13-11(14(10)16)7-8-17-13/h7-10,12,15H,2-6H2,1H3. The third kappa shape index (κ3) is 1.93. The lowest BCUT2D eigenvalue weighted by atomic mass is 9.78. The van der Waals surface area contributed by atoms with Gasteiger partial charge in [-0.3, -0.25) is 4.79 Å². The van der Waals surface area contributed by atoms with Crippen LogP contribution in [0.4, 0.5) is 0 Å². The van der Waals surface area contributed by atoms with Gasteiger partial charge < -0.3 is 9.73 Å². The average molecular weight is 233 g/mol. The van der Waals surface area contributed by atoms with Gasteiger partial charge in [0.15, 0.2) is 5.78 Å². The lowest BCUT2D eigenvalue weighted by Crippen LogP contribution is -2.48. The number of fused-ring (bicyclic) bond motifs is 1. The first-order chi connectivity index (χ1) is 8.25.